The first kappa shape index (κ1) is 70.4. The summed E-state index contributed by atoms with van der Waals surface area (Å²) in [6.07, 6.45) is -24.9. The maximum atomic E-state index is 13.2. The van der Waals surface area contributed by atoms with Gasteiger partial charge in [0.2, 0.25) is 17.1 Å². The highest BCUT2D eigenvalue weighted by Crippen LogP contribution is 2.39. The molecule has 24 heteroatoms. The minimum atomic E-state index is -4.51. The average Bonchev–Trinajstić information content (AvgIpc) is 1.88. The Labute approximate surface area is 490 Å². The number of alkyl halides is 18. The summed E-state index contributed by atoms with van der Waals surface area (Å²) in [7, 11) is 0. The molecule has 0 aliphatic heterocycles. The number of hydrogen-bond acceptors (Lipinski definition) is 4. The highest BCUT2D eigenvalue weighted by atomic mass is 19.4. The molecule has 0 bridgehead atoms. The number of rotatable bonds is 32. The molecule has 476 valence electrons. The first-order valence-corrected chi connectivity index (χ1v) is 28.8. The molecule has 6 nitrogen and oxygen atoms in total. The van der Waals surface area contributed by atoms with Crippen LogP contribution < -0.4 is 24.2 Å². The summed E-state index contributed by atoms with van der Waals surface area (Å²) in [5.74, 6) is 0. The molecule has 0 radical (unpaired) electrons. The molecule has 5 rings (SSSR count). The van der Waals surface area contributed by atoms with Gasteiger partial charge in [-0.1, -0.05) is 26.7 Å². The molecule has 0 saturated heterocycles. The third kappa shape index (κ3) is 25.5. The van der Waals surface area contributed by atoms with Crippen LogP contribution in [0, 0.1) is 0 Å². The van der Waals surface area contributed by atoms with E-state index in [-0.39, 0.29) is 52.1 Å². The molecule has 0 saturated carbocycles. The lowest BCUT2D eigenvalue weighted by atomic mass is 10.1. The number of benzene rings is 4. The van der Waals surface area contributed by atoms with Crippen molar-refractivity contribution in [2.75, 3.05) is 72.0 Å². The summed E-state index contributed by atoms with van der Waals surface area (Å²) in [5, 5.41) is 0. The molecule has 0 N–H and O–H groups in total. The van der Waals surface area contributed by atoms with Gasteiger partial charge in [0.15, 0.2) is 5.71 Å². The summed E-state index contributed by atoms with van der Waals surface area (Å²) in [5.41, 5.74) is 5.17. The van der Waals surface area contributed by atoms with Gasteiger partial charge in [-0.15, -0.1) is 0 Å². The number of nitrogens with zero attached hydrogens (tertiary/aromatic N) is 6. The van der Waals surface area contributed by atoms with Gasteiger partial charge in [0.05, 0.1) is 0 Å². The smallest absolute Gasteiger partial charge is 0.372 e. The topological polar surface area (TPSA) is 19.0 Å². The number of hydrogen-bond donors (Lipinski definition) is 0. The van der Waals surface area contributed by atoms with Gasteiger partial charge in [-0.25, -0.2) is 4.58 Å². The fraction of sp³-hybridized carbons (Fsp3) is 0.516. The van der Waals surface area contributed by atoms with Gasteiger partial charge < -0.3 is 19.6 Å². The maximum Gasteiger partial charge on any atom is 0.389 e. The summed E-state index contributed by atoms with van der Waals surface area (Å²) >= 11 is 0. The summed E-state index contributed by atoms with van der Waals surface area (Å²) in [4.78, 5) is 6.50. The van der Waals surface area contributed by atoms with Crippen LogP contribution in [0.2, 0.25) is 0 Å². The average molecular weight is 1250 g/mol. The van der Waals surface area contributed by atoms with E-state index in [0.717, 1.165) is 25.7 Å². The molecular weight excluding hydrogens is 1170 g/mol. The number of anilines is 6. The van der Waals surface area contributed by atoms with E-state index in [9.17, 15) is 79.0 Å². The van der Waals surface area contributed by atoms with Crippen molar-refractivity contribution in [2.24, 2.45) is 0 Å². The van der Waals surface area contributed by atoms with E-state index < -0.39 is 101 Å². The summed E-state index contributed by atoms with van der Waals surface area (Å²) in [6.45, 7) is 4.38. The van der Waals surface area contributed by atoms with E-state index in [1.807, 2.05) is 52.2 Å². The van der Waals surface area contributed by atoms with Crippen molar-refractivity contribution in [3.05, 3.63) is 121 Å². The van der Waals surface area contributed by atoms with Crippen molar-refractivity contribution in [3.8, 4) is 0 Å². The van der Waals surface area contributed by atoms with E-state index in [1.54, 1.807) is 102 Å². The third-order valence-corrected chi connectivity index (χ3v) is 14.2. The third-order valence-electron chi connectivity index (χ3n) is 14.2. The van der Waals surface area contributed by atoms with Gasteiger partial charge in [-0.2, -0.15) is 83.6 Å². The summed E-state index contributed by atoms with van der Waals surface area (Å²) < 4.78 is 242. The molecule has 0 fully saturated rings. The fourth-order valence-corrected chi connectivity index (χ4v) is 9.90. The minimum absolute atomic E-state index is 0.124. The van der Waals surface area contributed by atoms with Crippen molar-refractivity contribution >= 4 is 56.9 Å². The van der Waals surface area contributed by atoms with Crippen LogP contribution in [0.15, 0.2) is 121 Å². The standard InChI is InChI=1S/C62H74F18N6/c1-3-5-39-81(41-7-33-57(63,64)65)47-13-21-51(22-14-47)85(52-23-15-48(16-24-52)82(40-6-4-2)42-8-34-58(66,67)68)55-29-31-56(32-30-55)86(53-25-17-49(18-26-53)83(43-9-35-59(69,70)71)44-10-36-60(72,73)74)54-27-19-50(20-28-54)84(45-11-37-61(75,76)77)46-12-38-62(78,79)80/h13-32H,3-12,33-46H2,1-2H3/q+2. The highest BCUT2D eigenvalue weighted by Gasteiger charge is 2.33. The van der Waals surface area contributed by atoms with E-state index in [2.05, 4.69) is 0 Å². The number of unbranched alkanes of at least 4 members (excludes halogenated alkanes) is 2. The lowest BCUT2D eigenvalue weighted by Gasteiger charge is -2.29. The fourth-order valence-electron chi connectivity index (χ4n) is 9.90. The highest BCUT2D eigenvalue weighted by molar-refractivity contribution is 6.18. The van der Waals surface area contributed by atoms with Crippen LogP contribution in [-0.4, -0.2) is 105 Å². The molecule has 1 aliphatic carbocycles. The Kier molecular flexibility index (Phi) is 26.2. The molecule has 0 heterocycles. The molecule has 0 spiro atoms. The zero-order valence-electron chi connectivity index (χ0n) is 48.0. The second kappa shape index (κ2) is 32.0. The molecule has 86 heavy (non-hydrogen) atoms. The Hall–Kier alpha value is -6.36. The van der Waals surface area contributed by atoms with Gasteiger partial charge in [0.1, 0.15) is 13.1 Å². The van der Waals surface area contributed by atoms with Gasteiger partial charge >= 0.3 is 37.1 Å². The Morgan fingerprint density at radius 1 is 0.291 bits per heavy atom. The van der Waals surface area contributed by atoms with Gasteiger partial charge in [0.25, 0.3) is 0 Å². The summed E-state index contributed by atoms with van der Waals surface area (Å²) in [6, 6.07) is 26.9. The number of allylic oxidation sites excluding steroid dienone is 4. The molecule has 0 amide bonds. The zero-order valence-corrected chi connectivity index (χ0v) is 48.0. The number of halogens is 18. The lowest BCUT2D eigenvalue weighted by Crippen LogP contribution is -2.28. The van der Waals surface area contributed by atoms with Crippen molar-refractivity contribution in [1.29, 1.82) is 0 Å². The van der Waals surface area contributed by atoms with Crippen LogP contribution in [0.4, 0.5) is 125 Å². The van der Waals surface area contributed by atoms with Crippen LogP contribution in [-0.2, 0) is 0 Å². The molecule has 0 aromatic heterocycles. The van der Waals surface area contributed by atoms with Crippen LogP contribution in [0.5, 0.6) is 0 Å². The van der Waals surface area contributed by atoms with Crippen LogP contribution in [0.3, 0.4) is 0 Å². The Bertz CT molecular complexity index is 2630. The molecule has 4 aromatic rings. The molecule has 4 aromatic carbocycles. The van der Waals surface area contributed by atoms with Crippen molar-refractivity contribution in [2.45, 2.75) is 154 Å². The normalized spacial score (nSPS) is 13.4. The largest absolute Gasteiger partial charge is 0.389 e. The predicted octanol–water partition coefficient (Wildman–Crippen LogP) is 20.1. The minimum Gasteiger partial charge on any atom is -0.372 e. The molecule has 0 atom stereocenters. The van der Waals surface area contributed by atoms with E-state index in [4.69, 9.17) is 0 Å². The maximum absolute atomic E-state index is 13.2. The van der Waals surface area contributed by atoms with Gasteiger partial charge in [-0.3, -0.25) is 0 Å². The predicted molar refractivity (Wildman–Crippen MR) is 305 cm³/mol. The first-order chi connectivity index (χ1) is 40.3. The molecular formula is C62H74F18N6+2. The Morgan fingerprint density at radius 2 is 0.535 bits per heavy atom. The molecule has 0 unspecified atom stereocenters. The second-order valence-corrected chi connectivity index (χ2v) is 21.2. The quantitative estimate of drug-likeness (QED) is 0.0276. The van der Waals surface area contributed by atoms with Gasteiger partial charge in [0, 0.05) is 173 Å². The van der Waals surface area contributed by atoms with E-state index >= 15 is 0 Å². The van der Waals surface area contributed by atoms with E-state index in [0.29, 0.717) is 70.0 Å². The zero-order chi connectivity index (χ0) is 63.4. The lowest BCUT2D eigenvalue weighted by molar-refractivity contribution is -0.528. The Balaban J connectivity index is 1.64. The Morgan fingerprint density at radius 3 is 0.837 bits per heavy atom. The van der Waals surface area contributed by atoms with Gasteiger partial charge in [-0.05, 0) is 111 Å². The monoisotopic (exact) mass is 1240 g/mol. The molecule has 1 aliphatic rings. The van der Waals surface area contributed by atoms with E-state index in [1.165, 1.54) is 9.80 Å². The SMILES string of the molecule is CCCCN(CCCC(F)(F)F)c1ccc([N+](=C2C=CC(=[N+](CCCC)CCCC(F)(F)F)C=C2)c2ccc(N(c3ccc(N(CCCC(F)(F)F)CCCC(F)(F)F)cc3)c3ccc(N(CCCC(F)(F)F)CCCC(F)(F)F)cc3)cc2)cc1. The van der Waals surface area contributed by atoms with Crippen LogP contribution in [0.25, 0.3) is 0 Å². The van der Waals surface area contributed by atoms with Crippen LogP contribution >= 0.6 is 0 Å². The first-order valence-electron chi connectivity index (χ1n) is 28.8. The van der Waals surface area contributed by atoms with Crippen molar-refractivity contribution in [1.82, 2.24) is 4.58 Å². The second-order valence-electron chi connectivity index (χ2n) is 21.2. The van der Waals surface area contributed by atoms with Crippen LogP contribution in [0.1, 0.15) is 117 Å². The van der Waals surface area contributed by atoms with Crippen molar-refractivity contribution < 1.29 is 83.6 Å². The van der Waals surface area contributed by atoms with Crippen molar-refractivity contribution in [3.63, 3.8) is 0 Å².